The van der Waals surface area contributed by atoms with Crippen LogP contribution >= 0.6 is 0 Å². The van der Waals surface area contributed by atoms with Gasteiger partial charge in [-0.25, -0.2) is 0 Å². The molecule has 0 saturated heterocycles. The molecule has 0 aliphatic rings. The van der Waals surface area contributed by atoms with Crippen molar-refractivity contribution in [1.29, 1.82) is 0 Å². The van der Waals surface area contributed by atoms with Crippen molar-refractivity contribution in [2.75, 3.05) is 13.2 Å². The van der Waals surface area contributed by atoms with Gasteiger partial charge in [-0.2, -0.15) is 0 Å². The molecule has 0 saturated carbocycles. The van der Waals surface area contributed by atoms with Crippen LogP contribution in [0.25, 0.3) is 0 Å². The van der Waals surface area contributed by atoms with Crippen LogP contribution in [0.1, 0.15) is 476 Å². The maximum atomic E-state index is 12.5. The van der Waals surface area contributed by atoms with E-state index in [4.69, 9.17) is 4.74 Å². The third-order valence-electron chi connectivity index (χ3n) is 19.6. The second-order valence-corrected chi connectivity index (χ2v) is 28.5. The Morgan fingerprint density at radius 2 is 0.523 bits per heavy atom. The minimum Gasteiger partial charge on any atom is -0.466 e. The first kappa shape index (κ1) is 86.6. The number of nitrogens with one attached hydrogen (secondary N) is 1. The van der Waals surface area contributed by atoms with Crippen LogP contribution in [-0.4, -0.2) is 47.4 Å². The number of esters is 1. The van der Waals surface area contributed by atoms with E-state index in [9.17, 15) is 19.8 Å². The summed E-state index contributed by atoms with van der Waals surface area (Å²) < 4.78 is 5.51. The number of aliphatic hydroxyl groups is 2. The summed E-state index contributed by atoms with van der Waals surface area (Å²) in [5.41, 5.74) is 0. The van der Waals surface area contributed by atoms with Gasteiger partial charge < -0.3 is 20.3 Å². The predicted molar refractivity (Wildman–Crippen MR) is 389 cm³/mol. The molecule has 6 heteroatoms. The van der Waals surface area contributed by atoms with E-state index in [0.717, 1.165) is 38.5 Å². The Bertz CT molecular complexity index is 1340. The van der Waals surface area contributed by atoms with Crippen LogP contribution < -0.4 is 5.32 Å². The standard InChI is InChI=1S/C82H161NO5/c1-3-5-7-9-11-13-15-17-19-43-47-50-54-58-62-66-70-74-80(85)79(78-84)83-81(86)75-71-67-63-59-55-51-48-44-41-39-37-35-33-31-29-27-25-23-21-20-22-24-26-28-30-32-34-36-38-40-42-45-49-53-57-61-65-69-73-77-88-82(87)76-72-68-64-60-56-52-46-18-16-14-12-10-8-6-4-2/h70,74,79-80,84-85H,3-69,71-73,75-78H2,1-2H3,(H,83,86)/b74-70+. The molecule has 0 aromatic carbocycles. The van der Waals surface area contributed by atoms with Gasteiger partial charge in [0.15, 0.2) is 0 Å². The zero-order valence-corrected chi connectivity index (χ0v) is 60.3. The molecule has 6 nitrogen and oxygen atoms in total. The number of aliphatic hydroxyl groups excluding tert-OH is 2. The SMILES string of the molecule is CCCCCCCCCCCCCCCCC/C=C/C(O)C(CO)NC(=O)CCCCCCCCCCCCCCCCCCCCCCCCCCCCCCCCCCCCCCCCCOC(=O)CCCCCCCCCCCCCCCCC. The molecular weight excluding hydrogens is 1080 g/mol. The maximum absolute atomic E-state index is 12.5. The van der Waals surface area contributed by atoms with Gasteiger partial charge in [-0.05, 0) is 32.1 Å². The summed E-state index contributed by atoms with van der Waals surface area (Å²) in [6, 6.07) is -0.623. The monoisotopic (exact) mass is 1240 g/mol. The highest BCUT2D eigenvalue weighted by atomic mass is 16.5. The van der Waals surface area contributed by atoms with Gasteiger partial charge >= 0.3 is 5.97 Å². The van der Waals surface area contributed by atoms with E-state index in [2.05, 4.69) is 19.2 Å². The van der Waals surface area contributed by atoms with Crippen molar-refractivity contribution < 1.29 is 24.5 Å². The van der Waals surface area contributed by atoms with Crippen molar-refractivity contribution in [2.45, 2.75) is 488 Å². The van der Waals surface area contributed by atoms with Gasteiger partial charge in [0.1, 0.15) is 0 Å². The van der Waals surface area contributed by atoms with Crippen LogP contribution in [0.3, 0.4) is 0 Å². The number of unbranched alkanes of at least 4 members (excludes halogenated alkanes) is 67. The smallest absolute Gasteiger partial charge is 0.305 e. The fourth-order valence-electron chi connectivity index (χ4n) is 13.3. The Morgan fingerprint density at radius 3 is 0.773 bits per heavy atom. The van der Waals surface area contributed by atoms with Crippen molar-refractivity contribution in [3.63, 3.8) is 0 Å². The summed E-state index contributed by atoms with van der Waals surface area (Å²) >= 11 is 0. The second kappa shape index (κ2) is 78.0. The molecule has 1 amide bonds. The molecule has 0 heterocycles. The lowest BCUT2D eigenvalue weighted by molar-refractivity contribution is -0.143. The molecule has 0 aliphatic heterocycles. The number of ether oxygens (including phenoxy) is 1. The average Bonchev–Trinajstić information content (AvgIpc) is 3.58. The van der Waals surface area contributed by atoms with E-state index >= 15 is 0 Å². The molecule has 0 aromatic heterocycles. The summed E-state index contributed by atoms with van der Waals surface area (Å²) in [5, 5.41) is 23.2. The van der Waals surface area contributed by atoms with Gasteiger partial charge in [0.05, 0.1) is 25.4 Å². The molecule has 0 rings (SSSR count). The van der Waals surface area contributed by atoms with Crippen molar-refractivity contribution in [2.24, 2.45) is 0 Å². The van der Waals surface area contributed by atoms with E-state index in [1.54, 1.807) is 6.08 Å². The molecule has 0 aliphatic carbocycles. The zero-order chi connectivity index (χ0) is 63.5. The summed E-state index contributed by atoms with van der Waals surface area (Å²) in [7, 11) is 0. The molecule has 2 unspecified atom stereocenters. The number of hydrogen-bond donors (Lipinski definition) is 3. The lowest BCUT2D eigenvalue weighted by Crippen LogP contribution is -2.45. The Morgan fingerprint density at radius 1 is 0.307 bits per heavy atom. The Labute approximate surface area is 552 Å². The van der Waals surface area contributed by atoms with Crippen molar-refractivity contribution >= 4 is 11.9 Å². The van der Waals surface area contributed by atoms with Crippen molar-refractivity contribution in [1.82, 2.24) is 5.32 Å². The fourth-order valence-corrected chi connectivity index (χ4v) is 13.3. The molecule has 0 fully saturated rings. The minimum atomic E-state index is -0.840. The Kier molecular flexibility index (Phi) is 76.8. The van der Waals surface area contributed by atoms with Gasteiger partial charge in [-0.1, -0.05) is 443 Å². The molecule has 3 N–H and O–H groups in total. The highest BCUT2D eigenvalue weighted by Gasteiger charge is 2.18. The largest absolute Gasteiger partial charge is 0.466 e. The van der Waals surface area contributed by atoms with Gasteiger partial charge in [-0.3, -0.25) is 9.59 Å². The lowest BCUT2D eigenvalue weighted by atomic mass is 10.0. The number of amides is 1. The number of rotatable bonds is 78. The van der Waals surface area contributed by atoms with Gasteiger partial charge in [0, 0.05) is 12.8 Å². The van der Waals surface area contributed by atoms with Crippen LogP contribution in [0, 0.1) is 0 Å². The quantitative estimate of drug-likeness (QED) is 0.0320. The normalized spacial score (nSPS) is 12.5. The van der Waals surface area contributed by atoms with Gasteiger partial charge in [-0.15, -0.1) is 0 Å². The Balaban J connectivity index is 3.29. The number of allylic oxidation sites excluding steroid dienone is 1. The Hall–Kier alpha value is -1.40. The van der Waals surface area contributed by atoms with E-state index in [1.807, 2.05) is 6.08 Å². The van der Waals surface area contributed by atoms with E-state index in [0.29, 0.717) is 19.4 Å². The predicted octanol–water partition coefficient (Wildman–Crippen LogP) is 27.1. The summed E-state index contributed by atoms with van der Waals surface area (Å²) in [4.78, 5) is 24.6. The first-order valence-electron chi connectivity index (χ1n) is 41.0. The van der Waals surface area contributed by atoms with E-state index < -0.39 is 12.1 Å². The number of hydrogen-bond acceptors (Lipinski definition) is 5. The fraction of sp³-hybridized carbons (Fsp3) is 0.951. The third-order valence-corrected chi connectivity index (χ3v) is 19.6. The van der Waals surface area contributed by atoms with Crippen LogP contribution in [0.2, 0.25) is 0 Å². The molecule has 2 atom stereocenters. The van der Waals surface area contributed by atoms with E-state index in [-0.39, 0.29) is 18.5 Å². The molecule has 88 heavy (non-hydrogen) atoms. The third kappa shape index (κ3) is 73.6. The first-order chi connectivity index (χ1) is 43.5. The summed E-state index contributed by atoms with van der Waals surface area (Å²) in [6.45, 7) is 4.96. The lowest BCUT2D eigenvalue weighted by Gasteiger charge is -2.20. The number of carbonyl (C=O) groups is 2. The second-order valence-electron chi connectivity index (χ2n) is 28.5. The topological polar surface area (TPSA) is 95.9 Å². The highest BCUT2D eigenvalue weighted by molar-refractivity contribution is 5.76. The minimum absolute atomic E-state index is 0.0280. The molecule has 524 valence electrons. The van der Waals surface area contributed by atoms with Crippen LogP contribution in [0.5, 0.6) is 0 Å². The van der Waals surface area contributed by atoms with Gasteiger partial charge in [0.25, 0.3) is 0 Å². The average molecular weight is 1240 g/mol. The van der Waals surface area contributed by atoms with Crippen LogP contribution in [-0.2, 0) is 14.3 Å². The molecule has 0 spiro atoms. The van der Waals surface area contributed by atoms with Crippen LogP contribution in [0.4, 0.5) is 0 Å². The molecular formula is C82H161NO5. The highest BCUT2D eigenvalue weighted by Crippen LogP contribution is 2.21. The summed E-state index contributed by atoms with van der Waals surface area (Å²) in [6.07, 6.45) is 99.3. The van der Waals surface area contributed by atoms with Gasteiger partial charge in [0.2, 0.25) is 5.91 Å². The zero-order valence-electron chi connectivity index (χ0n) is 60.3. The van der Waals surface area contributed by atoms with Crippen molar-refractivity contribution in [3.8, 4) is 0 Å². The number of carbonyl (C=O) groups excluding carboxylic acids is 2. The van der Waals surface area contributed by atoms with E-state index in [1.165, 1.54) is 411 Å². The first-order valence-corrected chi connectivity index (χ1v) is 41.0. The maximum Gasteiger partial charge on any atom is 0.305 e. The van der Waals surface area contributed by atoms with Crippen LogP contribution in [0.15, 0.2) is 12.2 Å². The summed E-state index contributed by atoms with van der Waals surface area (Å²) in [5.74, 6) is -0.0296. The van der Waals surface area contributed by atoms with Crippen molar-refractivity contribution in [3.05, 3.63) is 12.2 Å². The molecule has 0 radical (unpaired) electrons. The molecule has 0 aromatic rings. The molecule has 0 bridgehead atoms.